The van der Waals surface area contributed by atoms with Crippen molar-refractivity contribution in [2.75, 3.05) is 11.4 Å². The van der Waals surface area contributed by atoms with Crippen molar-refractivity contribution in [2.24, 2.45) is 0 Å². The Balaban J connectivity index is 2.50. The van der Waals surface area contributed by atoms with Crippen LogP contribution in [0.15, 0.2) is 42.5 Å². The average Bonchev–Trinajstić information content (AvgIpc) is 2.41. The van der Waals surface area contributed by atoms with Crippen molar-refractivity contribution in [1.82, 2.24) is 0 Å². The second-order valence-corrected chi connectivity index (χ2v) is 4.76. The molecule has 0 aliphatic carbocycles. The largest absolute Gasteiger partial charge is 0.341 e. The summed E-state index contributed by atoms with van der Waals surface area (Å²) in [6, 6.07) is 14.3. The Kier molecular flexibility index (Phi) is 4.00. The zero-order valence-electron chi connectivity index (χ0n) is 11.7. The van der Waals surface area contributed by atoms with E-state index in [9.17, 15) is 4.79 Å². The van der Waals surface area contributed by atoms with Crippen LogP contribution in [0.4, 0.5) is 11.4 Å². The lowest BCUT2D eigenvalue weighted by Crippen LogP contribution is -2.17. The van der Waals surface area contributed by atoms with Crippen LogP contribution in [0.5, 0.6) is 0 Å². The number of carbonyl (C=O) groups is 1. The van der Waals surface area contributed by atoms with E-state index in [0.717, 1.165) is 35.3 Å². The van der Waals surface area contributed by atoms with Gasteiger partial charge in [0, 0.05) is 17.8 Å². The Labute approximate surface area is 114 Å². The van der Waals surface area contributed by atoms with Gasteiger partial charge in [-0.1, -0.05) is 23.8 Å². The number of benzene rings is 2. The fraction of sp³-hybridized carbons (Fsp3) is 0.235. The molecule has 2 aromatic rings. The van der Waals surface area contributed by atoms with Crippen molar-refractivity contribution >= 4 is 17.7 Å². The number of anilines is 2. The summed E-state index contributed by atoms with van der Waals surface area (Å²) in [5.74, 6) is 0. The number of nitrogens with zero attached hydrogens (tertiary/aromatic N) is 1. The van der Waals surface area contributed by atoms with Gasteiger partial charge in [-0.15, -0.1) is 0 Å². The van der Waals surface area contributed by atoms with E-state index in [2.05, 4.69) is 36.9 Å². The summed E-state index contributed by atoms with van der Waals surface area (Å²) < 4.78 is 0. The number of hydrogen-bond donors (Lipinski definition) is 0. The predicted octanol–water partition coefficient (Wildman–Crippen LogP) is 4.27. The topological polar surface area (TPSA) is 20.3 Å². The van der Waals surface area contributed by atoms with Gasteiger partial charge in [-0.05, 0) is 50.6 Å². The molecule has 2 aromatic carbocycles. The first kappa shape index (κ1) is 13.3. The molecule has 0 aromatic heterocycles. The van der Waals surface area contributed by atoms with E-state index in [1.165, 1.54) is 5.56 Å². The molecule has 0 aliphatic heterocycles. The third-order valence-electron chi connectivity index (χ3n) is 3.23. The molecular formula is C17H19NO. The first-order chi connectivity index (χ1) is 9.15. The van der Waals surface area contributed by atoms with Gasteiger partial charge in [-0.3, -0.25) is 4.79 Å². The molecule has 0 unspecified atom stereocenters. The molecule has 2 heteroatoms. The van der Waals surface area contributed by atoms with Gasteiger partial charge in [0.25, 0.3) is 0 Å². The highest BCUT2D eigenvalue weighted by Gasteiger charge is 2.11. The van der Waals surface area contributed by atoms with Crippen LogP contribution < -0.4 is 4.90 Å². The van der Waals surface area contributed by atoms with Crippen molar-refractivity contribution in [1.29, 1.82) is 0 Å². The molecular weight excluding hydrogens is 234 g/mol. The first-order valence-electron chi connectivity index (χ1n) is 6.55. The molecule has 98 valence electrons. The minimum atomic E-state index is 0.739. The zero-order chi connectivity index (χ0) is 13.8. The average molecular weight is 253 g/mol. The highest BCUT2D eigenvalue weighted by molar-refractivity contribution is 5.87. The Hall–Kier alpha value is -2.09. The molecule has 0 amide bonds. The standard InChI is InChI=1S/C17H19NO/c1-4-18(16-7-5-6-13(2)11-16)17-9-8-14(3)10-15(17)12-19/h5-12H,4H2,1-3H3. The number of carbonyl (C=O) groups excluding carboxylic acids is 1. The monoisotopic (exact) mass is 253 g/mol. The van der Waals surface area contributed by atoms with Crippen LogP contribution in [-0.2, 0) is 0 Å². The minimum absolute atomic E-state index is 0.739. The van der Waals surface area contributed by atoms with Crippen LogP contribution in [0.3, 0.4) is 0 Å². The van der Waals surface area contributed by atoms with Gasteiger partial charge in [-0.2, -0.15) is 0 Å². The highest BCUT2D eigenvalue weighted by Crippen LogP contribution is 2.28. The molecule has 0 spiro atoms. The van der Waals surface area contributed by atoms with Crippen LogP contribution in [0.2, 0.25) is 0 Å². The maximum Gasteiger partial charge on any atom is 0.152 e. The molecule has 2 rings (SSSR count). The van der Waals surface area contributed by atoms with Gasteiger partial charge in [0.05, 0.1) is 5.69 Å². The molecule has 0 aliphatic rings. The van der Waals surface area contributed by atoms with E-state index >= 15 is 0 Å². The van der Waals surface area contributed by atoms with Gasteiger partial charge in [0.15, 0.2) is 6.29 Å². The van der Waals surface area contributed by atoms with Crippen LogP contribution in [0.25, 0.3) is 0 Å². The smallest absolute Gasteiger partial charge is 0.152 e. The van der Waals surface area contributed by atoms with Crippen molar-refractivity contribution < 1.29 is 4.79 Å². The second-order valence-electron chi connectivity index (χ2n) is 4.76. The van der Waals surface area contributed by atoms with Crippen LogP contribution >= 0.6 is 0 Å². The zero-order valence-corrected chi connectivity index (χ0v) is 11.7. The van der Waals surface area contributed by atoms with Crippen LogP contribution in [0.1, 0.15) is 28.4 Å². The molecule has 2 nitrogen and oxygen atoms in total. The fourth-order valence-electron chi connectivity index (χ4n) is 2.30. The lowest BCUT2D eigenvalue weighted by atomic mass is 10.1. The minimum Gasteiger partial charge on any atom is -0.341 e. The lowest BCUT2D eigenvalue weighted by Gasteiger charge is -2.25. The van der Waals surface area contributed by atoms with Gasteiger partial charge >= 0.3 is 0 Å². The molecule has 0 fully saturated rings. The molecule has 0 N–H and O–H groups in total. The van der Waals surface area contributed by atoms with Gasteiger partial charge in [0.1, 0.15) is 0 Å². The van der Waals surface area contributed by atoms with E-state index in [4.69, 9.17) is 0 Å². The van der Waals surface area contributed by atoms with Crippen LogP contribution in [-0.4, -0.2) is 12.8 Å². The number of aldehydes is 1. The highest BCUT2D eigenvalue weighted by atomic mass is 16.1. The summed E-state index contributed by atoms with van der Waals surface area (Å²) in [5.41, 5.74) is 5.15. The molecule has 0 saturated heterocycles. The van der Waals surface area contributed by atoms with Gasteiger partial charge < -0.3 is 4.90 Å². The van der Waals surface area contributed by atoms with Crippen LogP contribution in [0, 0.1) is 13.8 Å². The number of rotatable bonds is 4. The molecule has 0 bridgehead atoms. The fourth-order valence-corrected chi connectivity index (χ4v) is 2.30. The summed E-state index contributed by atoms with van der Waals surface area (Å²) in [6.07, 6.45) is 0.931. The normalized spacial score (nSPS) is 10.3. The summed E-state index contributed by atoms with van der Waals surface area (Å²) in [4.78, 5) is 13.4. The summed E-state index contributed by atoms with van der Waals surface area (Å²) in [6.45, 7) is 7.00. The Morgan fingerprint density at radius 2 is 1.79 bits per heavy atom. The Bertz CT molecular complexity index is 590. The summed E-state index contributed by atoms with van der Waals surface area (Å²) in [5, 5.41) is 0. The maximum absolute atomic E-state index is 11.3. The molecule has 0 atom stereocenters. The third kappa shape index (κ3) is 2.84. The van der Waals surface area contributed by atoms with E-state index in [1.54, 1.807) is 0 Å². The quantitative estimate of drug-likeness (QED) is 0.758. The van der Waals surface area contributed by atoms with E-state index < -0.39 is 0 Å². The maximum atomic E-state index is 11.3. The lowest BCUT2D eigenvalue weighted by molar-refractivity contribution is 0.112. The number of aryl methyl sites for hydroxylation is 2. The van der Waals surface area contributed by atoms with Gasteiger partial charge in [-0.25, -0.2) is 0 Å². The Morgan fingerprint density at radius 1 is 1.05 bits per heavy atom. The van der Waals surface area contributed by atoms with Crippen molar-refractivity contribution in [3.63, 3.8) is 0 Å². The molecule has 0 heterocycles. The first-order valence-corrected chi connectivity index (χ1v) is 6.55. The van der Waals surface area contributed by atoms with Gasteiger partial charge in [0.2, 0.25) is 0 Å². The molecule has 19 heavy (non-hydrogen) atoms. The second kappa shape index (κ2) is 5.70. The Morgan fingerprint density at radius 3 is 2.42 bits per heavy atom. The summed E-state index contributed by atoms with van der Waals surface area (Å²) >= 11 is 0. The predicted molar refractivity (Wildman–Crippen MR) is 80.4 cm³/mol. The SMILES string of the molecule is CCN(c1cccc(C)c1)c1ccc(C)cc1C=O. The van der Waals surface area contributed by atoms with Crippen molar-refractivity contribution in [3.05, 3.63) is 59.2 Å². The van der Waals surface area contributed by atoms with Crippen molar-refractivity contribution in [3.8, 4) is 0 Å². The summed E-state index contributed by atoms with van der Waals surface area (Å²) in [7, 11) is 0. The molecule has 0 saturated carbocycles. The third-order valence-corrected chi connectivity index (χ3v) is 3.23. The van der Waals surface area contributed by atoms with E-state index in [0.29, 0.717) is 0 Å². The van der Waals surface area contributed by atoms with Crippen molar-refractivity contribution in [2.45, 2.75) is 20.8 Å². The van der Waals surface area contributed by atoms with E-state index in [1.807, 2.05) is 31.2 Å². The molecule has 0 radical (unpaired) electrons. The van der Waals surface area contributed by atoms with E-state index in [-0.39, 0.29) is 0 Å². The number of hydrogen-bond acceptors (Lipinski definition) is 2.